The molecular weight excluding hydrogens is 584 g/mol. The Morgan fingerprint density at radius 2 is 1.80 bits per heavy atom. The SMILES string of the molecule is COc1ccc2nc3c(nc2c1)O[C@H]1CN(C(=O)[C@H](C(C)(C)C)NC(=O)O[C@@H]2CC4CC4[C@H]2CCCCC32CC2)[C@H](C(C)=O)[C@@H]1C. The lowest BCUT2D eigenvalue weighted by atomic mass is 9.85. The van der Waals surface area contributed by atoms with Crippen molar-refractivity contribution in [2.45, 2.75) is 116 Å². The average molecular weight is 633 g/mol. The Kier molecular flexibility index (Phi) is 7.71. The largest absolute Gasteiger partial charge is 0.497 e. The molecule has 1 saturated heterocycles. The summed E-state index contributed by atoms with van der Waals surface area (Å²) in [5.41, 5.74) is 1.63. The lowest BCUT2D eigenvalue weighted by Crippen LogP contribution is -2.57. The van der Waals surface area contributed by atoms with Crippen molar-refractivity contribution in [3.05, 3.63) is 23.9 Å². The Hall–Kier alpha value is -3.43. The number of fused-ring (bicyclic) bond motifs is 8. The summed E-state index contributed by atoms with van der Waals surface area (Å²) in [5.74, 6) is 2.07. The third kappa shape index (κ3) is 5.59. The molecule has 2 amide bonds. The summed E-state index contributed by atoms with van der Waals surface area (Å²) in [6, 6.07) is 4.14. The lowest BCUT2D eigenvalue weighted by Gasteiger charge is -2.35. The molecular formula is C36H48N4O6. The fourth-order valence-corrected chi connectivity index (χ4v) is 8.69. The molecule has 4 fully saturated rings. The number of amides is 2. The summed E-state index contributed by atoms with van der Waals surface area (Å²) in [7, 11) is 1.63. The summed E-state index contributed by atoms with van der Waals surface area (Å²) in [6.45, 7) is 9.44. The number of Topliss-reactive ketones (excluding diaryl/α,β-unsaturated/α-hetero) is 1. The molecule has 10 nitrogen and oxygen atoms in total. The van der Waals surface area contributed by atoms with Crippen LogP contribution in [0.5, 0.6) is 11.6 Å². The van der Waals surface area contributed by atoms with E-state index in [2.05, 4.69) is 5.32 Å². The van der Waals surface area contributed by atoms with E-state index in [1.54, 1.807) is 12.0 Å². The van der Waals surface area contributed by atoms with Crippen molar-refractivity contribution in [1.82, 2.24) is 20.2 Å². The van der Waals surface area contributed by atoms with Gasteiger partial charge in [0.2, 0.25) is 11.8 Å². The second-order valence-corrected chi connectivity index (χ2v) is 15.8. The van der Waals surface area contributed by atoms with Crippen LogP contribution < -0.4 is 14.8 Å². The van der Waals surface area contributed by atoms with Gasteiger partial charge in [0, 0.05) is 17.4 Å². The standard InChI is InChI=1S/C36H48N4O6/c1-19-28-18-40(29(19)20(2)41)33(42)31(35(3,4)5)39-34(43)46-27-16-21-15-24(21)23(27)9-7-8-12-36(13-14-36)30-32(45-28)38-26-17-22(44-6)10-11-25(26)37-30/h10-11,17,19,21,23-24,27-29,31H,7-9,12-16,18H2,1-6H3,(H,39,43)/t19-,21?,23-,24?,27-,28+,29+,31-/m1/s1. The quantitative estimate of drug-likeness (QED) is 0.455. The molecule has 3 heterocycles. The average Bonchev–Trinajstić information content (AvgIpc) is 3.90. The van der Waals surface area contributed by atoms with Gasteiger partial charge in [-0.1, -0.05) is 40.5 Å². The van der Waals surface area contributed by atoms with Gasteiger partial charge in [-0.2, -0.15) is 0 Å². The number of carbonyl (C=O) groups excluding carboxylic acids is 3. The molecule has 248 valence electrons. The molecule has 10 heteroatoms. The number of alkyl carbamates (subject to hydrolysis) is 1. The minimum absolute atomic E-state index is 0.107. The number of carbonyl (C=O) groups is 3. The van der Waals surface area contributed by atoms with Crippen LogP contribution in [0.4, 0.5) is 4.79 Å². The van der Waals surface area contributed by atoms with E-state index >= 15 is 0 Å². The van der Waals surface area contributed by atoms with E-state index in [0.29, 0.717) is 34.9 Å². The molecule has 1 aromatic heterocycles. The lowest BCUT2D eigenvalue weighted by molar-refractivity contribution is -0.141. The Morgan fingerprint density at radius 1 is 1.02 bits per heavy atom. The van der Waals surface area contributed by atoms with Gasteiger partial charge in [-0.3, -0.25) is 9.59 Å². The van der Waals surface area contributed by atoms with E-state index in [0.717, 1.165) is 56.2 Å². The Bertz CT molecular complexity index is 1550. The molecule has 7 rings (SSSR count). The van der Waals surface area contributed by atoms with Gasteiger partial charge in [-0.25, -0.2) is 14.8 Å². The van der Waals surface area contributed by atoms with E-state index in [4.69, 9.17) is 24.2 Å². The van der Waals surface area contributed by atoms with Gasteiger partial charge >= 0.3 is 6.09 Å². The summed E-state index contributed by atoms with van der Waals surface area (Å²) >= 11 is 0. The maximum absolute atomic E-state index is 14.3. The van der Waals surface area contributed by atoms with Crippen LogP contribution in [0.25, 0.3) is 11.0 Å². The normalized spacial score (nSPS) is 33.9. The molecule has 1 N–H and O–H groups in total. The Morgan fingerprint density at radius 3 is 2.50 bits per heavy atom. The fraction of sp³-hybridized carbons (Fsp3) is 0.694. The zero-order chi connectivity index (χ0) is 32.5. The Labute approximate surface area is 271 Å². The monoisotopic (exact) mass is 632 g/mol. The third-order valence-electron chi connectivity index (χ3n) is 11.6. The number of hydrogen-bond acceptors (Lipinski definition) is 8. The summed E-state index contributed by atoms with van der Waals surface area (Å²) in [4.78, 5) is 52.7. The maximum Gasteiger partial charge on any atom is 0.408 e. The molecule has 0 radical (unpaired) electrons. The maximum atomic E-state index is 14.3. The highest BCUT2D eigenvalue weighted by Crippen LogP contribution is 2.58. The molecule has 2 aliphatic heterocycles. The number of nitrogens with zero attached hydrogens (tertiary/aromatic N) is 3. The highest BCUT2D eigenvalue weighted by molar-refractivity contribution is 5.92. The zero-order valence-corrected chi connectivity index (χ0v) is 28.0. The van der Waals surface area contributed by atoms with Crippen LogP contribution >= 0.6 is 0 Å². The second kappa shape index (κ2) is 11.4. The van der Waals surface area contributed by atoms with E-state index in [9.17, 15) is 14.4 Å². The molecule has 1 spiro atoms. The highest BCUT2D eigenvalue weighted by atomic mass is 16.6. The third-order valence-corrected chi connectivity index (χ3v) is 11.6. The number of ether oxygens (including phenoxy) is 3. The van der Waals surface area contributed by atoms with Crippen LogP contribution in [0.1, 0.15) is 91.7 Å². The van der Waals surface area contributed by atoms with E-state index in [1.165, 1.54) is 13.3 Å². The van der Waals surface area contributed by atoms with Crippen molar-refractivity contribution < 1.29 is 28.6 Å². The number of rotatable bonds is 2. The Balaban J connectivity index is 1.28. The van der Waals surface area contributed by atoms with Crippen LogP contribution in [0, 0.1) is 29.1 Å². The minimum Gasteiger partial charge on any atom is -0.497 e. The van der Waals surface area contributed by atoms with Crippen LogP contribution in [0.3, 0.4) is 0 Å². The molecule has 5 aliphatic rings. The van der Waals surface area contributed by atoms with Crippen molar-refractivity contribution in [2.75, 3.05) is 13.7 Å². The predicted molar refractivity (Wildman–Crippen MR) is 172 cm³/mol. The predicted octanol–water partition coefficient (Wildman–Crippen LogP) is 5.59. The van der Waals surface area contributed by atoms with Crippen molar-refractivity contribution in [3.8, 4) is 11.6 Å². The van der Waals surface area contributed by atoms with Gasteiger partial charge in [0.15, 0.2) is 5.78 Å². The fourth-order valence-electron chi connectivity index (χ4n) is 8.69. The number of ketones is 1. The van der Waals surface area contributed by atoms with Crippen molar-refractivity contribution in [3.63, 3.8) is 0 Å². The van der Waals surface area contributed by atoms with Gasteiger partial charge in [0.1, 0.15) is 29.7 Å². The first-order chi connectivity index (χ1) is 21.9. The van der Waals surface area contributed by atoms with Crippen molar-refractivity contribution in [2.24, 2.45) is 29.1 Å². The number of aromatic nitrogens is 2. The molecule has 46 heavy (non-hydrogen) atoms. The van der Waals surface area contributed by atoms with Crippen LogP contribution in [0.15, 0.2) is 18.2 Å². The van der Waals surface area contributed by atoms with Gasteiger partial charge < -0.3 is 24.4 Å². The smallest absolute Gasteiger partial charge is 0.408 e. The van der Waals surface area contributed by atoms with E-state index in [1.807, 2.05) is 45.9 Å². The van der Waals surface area contributed by atoms with Crippen molar-refractivity contribution in [1.29, 1.82) is 0 Å². The molecule has 2 bridgehead atoms. The first-order valence-electron chi connectivity index (χ1n) is 17.2. The van der Waals surface area contributed by atoms with Crippen LogP contribution in [-0.4, -0.2) is 70.6 Å². The summed E-state index contributed by atoms with van der Waals surface area (Å²) < 4.78 is 18.3. The first-order valence-corrected chi connectivity index (χ1v) is 17.2. The minimum atomic E-state index is -0.876. The number of hydrogen-bond donors (Lipinski definition) is 1. The number of methoxy groups -OCH3 is 1. The molecule has 3 saturated carbocycles. The molecule has 2 unspecified atom stereocenters. The second-order valence-electron chi connectivity index (χ2n) is 15.8. The topological polar surface area (TPSA) is 120 Å². The van der Waals surface area contributed by atoms with Crippen molar-refractivity contribution >= 4 is 28.8 Å². The summed E-state index contributed by atoms with van der Waals surface area (Å²) in [5, 5.41) is 2.94. The van der Waals surface area contributed by atoms with Crippen LogP contribution in [0.2, 0.25) is 0 Å². The van der Waals surface area contributed by atoms with Gasteiger partial charge in [-0.15, -0.1) is 0 Å². The molecule has 2 aromatic rings. The first kappa shape index (κ1) is 31.2. The van der Waals surface area contributed by atoms with E-state index in [-0.39, 0.29) is 35.7 Å². The van der Waals surface area contributed by atoms with E-state index < -0.39 is 29.7 Å². The van der Waals surface area contributed by atoms with Gasteiger partial charge in [-0.05, 0) is 80.8 Å². The highest BCUT2D eigenvalue weighted by Gasteiger charge is 2.55. The van der Waals surface area contributed by atoms with Crippen LogP contribution in [-0.2, 0) is 19.7 Å². The molecule has 3 aliphatic carbocycles. The number of nitrogens with one attached hydrogen (secondary N) is 1. The molecule has 8 atom stereocenters. The molecule has 1 aromatic carbocycles. The summed E-state index contributed by atoms with van der Waals surface area (Å²) in [6.07, 6.45) is 7.13. The number of benzene rings is 1. The van der Waals surface area contributed by atoms with Gasteiger partial charge in [0.05, 0.1) is 30.7 Å². The van der Waals surface area contributed by atoms with Gasteiger partial charge in [0.25, 0.3) is 0 Å². The zero-order valence-electron chi connectivity index (χ0n) is 28.0.